The van der Waals surface area contributed by atoms with Crippen LogP contribution in [0.1, 0.15) is 20.8 Å². The molecule has 112 valence electrons. The van der Waals surface area contributed by atoms with Gasteiger partial charge in [0.1, 0.15) is 5.60 Å². The van der Waals surface area contributed by atoms with Crippen molar-refractivity contribution < 1.29 is 9.53 Å². The van der Waals surface area contributed by atoms with E-state index >= 15 is 0 Å². The summed E-state index contributed by atoms with van der Waals surface area (Å²) in [5.41, 5.74) is 0.920. The fourth-order valence-corrected chi connectivity index (χ4v) is 1.87. The lowest BCUT2D eigenvalue weighted by Gasteiger charge is -2.20. The minimum Gasteiger partial charge on any atom is -0.443 e. The van der Waals surface area contributed by atoms with E-state index in [0.29, 0.717) is 10.9 Å². The maximum absolute atomic E-state index is 12.2. The van der Waals surface area contributed by atoms with E-state index in [9.17, 15) is 14.4 Å². The average molecular weight is 291 g/mol. The molecule has 0 saturated heterocycles. The average Bonchev–Trinajstić information content (AvgIpc) is 2.39. The molecule has 0 saturated carbocycles. The Morgan fingerprint density at radius 3 is 2.43 bits per heavy atom. The third-order valence-electron chi connectivity index (χ3n) is 2.76. The molecule has 2 aromatic rings. The van der Waals surface area contributed by atoms with E-state index in [4.69, 9.17) is 4.74 Å². The van der Waals surface area contributed by atoms with Crippen LogP contribution in [0.3, 0.4) is 0 Å². The summed E-state index contributed by atoms with van der Waals surface area (Å²) in [7, 11) is 1.35. The Labute approximate surface area is 120 Å². The molecule has 21 heavy (non-hydrogen) atoms. The zero-order valence-corrected chi connectivity index (χ0v) is 12.3. The predicted molar refractivity (Wildman–Crippen MR) is 79.0 cm³/mol. The molecule has 0 radical (unpaired) electrons. The molecule has 0 bridgehead atoms. The van der Waals surface area contributed by atoms with Crippen LogP contribution >= 0.6 is 0 Å². The Morgan fingerprint density at radius 2 is 1.81 bits per heavy atom. The first kappa shape index (κ1) is 14.8. The van der Waals surface area contributed by atoms with Crippen molar-refractivity contribution in [3.05, 3.63) is 45.1 Å². The van der Waals surface area contributed by atoms with Gasteiger partial charge in [0, 0.05) is 7.05 Å². The van der Waals surface area contributed by atoms with Crippen molar-refractivity contribution in [3.63, 3.8) is 0 Å². The summed E-state index contributed by atoms with van der Waals surface area (Å²) in [5, 5.41) is 0.329. The molecule has 1 aromatic carbocycles. The van der Waals surface area contributed by atoms with Gasteiger partial charge in [0.15, 0.2) is 0 Å². The van der Waals surface area contributed by atoms with Crippen LogP contribution < -0.4 is 16.7 Å². The molecule has 0 atom stereocenters. The fourth-order valence-electron chi connectivity index (χ4n) is 1.87. The zero-order valence-electron chi connectivity index (χ0n) is 12.3. The highest BCUT2D eigenvalue weighted by Crippen LogP contribution is 2.09. The van der Waals surface area contributed by atoms with E-state index in [0.717, 1.165) is 9.24 Å². The molecule has 1 aromatic heterocycles. The van der Waals surface area contributed by atoms with Crippen LogP contribution in [0.25, 0.3) is 10.9 Å². The lowest BCUT2D eigenvalue weighted by atomic mass is 10.2. The molecule has 0 fully saturated rings. The summed E-state index contributed by atoms with van der Waals surface area (Å²) in [6.07, 6.45) is -0.770. The first-order valence-electron chi connectivity index (χ1n) is 6.41. The van der Waals surface area contributed by atoms with Gasteiger partial charge in [0.05, 0.1) is 10.9 Å². The van der Waals surface area contributed by atoms with Crippen LogP contribution in [0.15, 0.2) is 33.9 Å². The molecule has 0 aliphatic heterocycles. The molecule has 2 rings (SSSR count). The van der Waals surface area contributed by atoms with E-state index in [1.54, 1.807) is 45.0 Å². The summed E-state index contributed by atoms with van der Waals surface area (Å²) in [5.74, 6) is 0. The molecule has 0 unspecified atom stereocenters. The number of carbonyl (C=O) groups is 1. The van der Waals surface area contributed by atoms with E-state index in [2.05, 4.69) is 5.43 Å². The van der Waals surface area contributed by atoms with Gasteiger partial charge in [-0.15, -0.1) is 0 Å². The molecule has 7 heteroatoms. The Hall–Kier alpha value is -2.57. The minimum atomic E-state index is -0.770. The molecule has 1 heterocycles. The van der Waals surface area contributed by atoms with Crippen LogP contribution in [0.4, 0.5) is 4.79 Å². The summed E-state index contributed by atoms with van der Waals surface area (Å²) >= 11 is 0. The highest BCUT2D eigenvalue weighted by atomic mass is 16.6. The fraction of sp³-hybridized carbons (Fsp3) is 0.357. The van der Waals surface area contributed by atoms with Gasteiger partial charge in [0.25, 0.3) is 5.56 Å². The van der Waals surface area contributed by atoms with E-state index in [1.807, 2.05) is 0 Å². The zero-order chi connectivity index (χ0) is 15.8. The maximum Gasteiger partial charge on any atom is 0.427 e. The molecule has 0 spiro atoms. The highest BCUT2D eigenvalue weighted by Gasteiger charge is 2.18. The van der Waals surface area contributed by atoms with E-state index < -0.39 is 22.9 Å². The van der Waals surface area contributed by atoms with Crippen LogP contribution in [-0.2, 0) is 11.8 Å². The smallest absolute Gasteiger partial charge is 0.427 e. The van der Waals surface area contributed by atoms with E-state index in [-0.39, 0.29) is 0 Å². The third-order valence-corrected chi connectivity index (χ3v) is 2.76. The molecular weight excluding hydrogens is 274 g/mol. The van der Waals surface area contributed by atoms with Crippen molar-refractivity contribution in [3.8, 4) is 0 Å². The number of hydrogen-bond donors (Lipinski definition) is 1. The summed E-state index contributed by atoms with van der Waals surface area (Å²) in [6, 6.07) is 6.53. The van der Waals surface area contributed by atoms with Crippen LogP contribution in [0.5, 0.6) is 0 Å². The second-order valence-electron chi connectivity index (χ2n) is 5.61. The SMILES string of the molecule is Cn1c(=O)c2ccccc2n(NC(=O)OC(C)(C)C)c1=O. The van der Waals surface area contributed by atoms with Crippen LogP contribution in [0, 0.1) is 0 Å². The topological polar surface area (TPSA) is 82.3 Å². The number of nitrogens with one attached hydrogen (secondary N) is 1. The van der Waals surface area contributed by atoms with Gasteiger partial charge in [-0.2, -0.15) is 4.68 Å². The Kier molecular flexibility index (Phi) is 3.59. The number of ether oxygens (including phenoxy) is 1. The Bertz CT molecular complexity index is 812. The van der Waals surface area contributed by atoms with Gasteiger partial charge in [-0.05, 0) is 32.9 Å². The molecule has 1 amide bonds. The highest BCUT2D eigenvalue weighted by molar-refractivity contribution is 5.82. The van der Waals surface area contributed by atoms with Crippen molar-refractivity contribution in [1.29, 1.82) is 0 Å². The third kappa shape index (κ3) is 2.96. The standard InChI is InChI=1S/C14H17N3O4/c1-14(2,3)21-12(19)15-17-10-8-6-5-7-9(10)11(18)16(4)13(17)20/h5-8H,1-4H3,(H,15,19). The van der Waals surface area contributed by atoms with Gasteiger partial charge >= 0.3 is 11.8 Å². The number of benzene rings is 1. The second-order valence-corrected chi connectivity index (χ2v) is 5.61. The molecular formula is C14H17N3O4. The van der Waals surface area contributed by atoms with Crippen molar-refractivity contribution in [2.45, 2.75) is 26.4 Å². The Morgan fingerprint density at radius 1 is 1.19 bits per heavy atom. The quantitative estimate of drug-likeness (QED) is 0.855. The molecule has 0 aliphatic rings. The lowest BCUT2D eigenvalue weighted by molar-refractivity contribution is 0.0612. The number of fused-ring (bicyclic) bond motifs is 1. The van der Waals surface area contributed by atoms with Gasteiger partial charge in [-0.25, -0.2) is 15.0 Å². The van der Waals surface area contributed by atoms with Gasteiger partial charge in [0.2, 0.25) is 0 Å². The number of hydrogen-bond acceptors (Lipinski definition) is 4. The minimum absolute atomic E-state index is 0.316. The number of amides is 1. The van der Waals surface area contributed by atoms with Gasteiger partial charge < -0.3 is 4.74 Å². The van der Waals surface area contributed by atoms with Gasteiger partial charge in [-0.1, -0.05) is 12.1 Å². The molecule has 1 N–H and O–H groups in total. The second kappa shape index (κ2) is 5.08. The first-order chi connectivity index (χ1) is 9.70. The first-order valence-corrected chi connectivity index (χ1v) is 6.41. The van der Waals surface area contributed by atoms with Crippen molar-refractivity contribution in [2.24, 2.45) is 7.05 Å². The Balaban J connectivity index is 2.57. The normalized spacial score (nSPS) is 11.4. The summed E-state index contributed by atoms with van der Waals surface area (Å²) in [6.45, 7) is 5.15. The summed E-state index contributed by atoms with van der Waals surface area (Å²) in [4.78, 5) is 36.0. The van der Waals surface area contributed by atoms with Crippen molar-refractivity contribution in [2.75, 3.05) is 5.43 Å². The molecule has 0 aliphatic carbocycles. The van der Waals surface area contributed by atoms with Crippen molar-refractivity contribution in [1.82, 2.24) is 9.24 Å². The number of nitrogens with zero attached hydrogens (tertiary/aromatic N) is 2. The molecule has 7 nitrogen and oxygen atoms in total. The lowest BCUT2D eigenvalue weighted by Crippen LogP contribution is -2.44. The summed E-state index contributed by atoms with van der Waals surface area (Å²) < 4.78 is 7.05. The number of carbonyl (C=O) groups excluding carboxylic acids is 1. The maximum atomic E-state index is 12.2. The monoisotopic (exact) mass is 291 g/mol. The number of rotatable bonds is 1. The number of aromatic nitrogens is 2. The van der Waals surface area contributed by atoms with Crippen molar-refractivity contribution >= 4 is 17.0 Å². The van der Waals surface area contributed by atoms with Crippen LogP contribution in [-0.4, -0.2) is 20.9 Å². The van der Waals surface area contributed by atoms with Crippen LogP contribution in [0.2, 0.25) is 0 Å². The predicted octanol–water partition coefficient (Wildman–Crippen LogP) is 1.18. The largest absolute Gasteiger partial charge is 0.443 e. The number of para-hydroxylation sites is 1. The van der Waals surface area contributed by atoms with E-state index in [1.165, 1.54) is 7.05 Å². The van der Waals surface area contributed by atoms with Gasteiger partial charge in [-0.3, -0.25) is 9.36 Å².